The highest BCUT2D eigenvalue weighted by molar-refractivity contribution is 5.69. The third kappa shape index (κ3) is 1.74. The Labute approximate surface area is 105 Å². The lowest BCUT2D eigenvalue weighted by Gasteiger charge is -2.16. The van der Waals surface area contributed by atoms with Crippen LogP contribution in [0, 0.1) is 0 Å². The molecule has 18 heavy (non-hydrogen) atoms. The molecule has 1 aliphatic rings. The maximum Gasteiger partial charge on any atom is 0.279 e. The maximum atomic E-state index is 12.5. The largest absolute Gasteiger partial charge is 0.325 e. The van der Waals surface area contributed by atoms with E-state index in [4.69, 9.17) is 0 Å². The SMILES string of the molecule is CCCCn1cnc2nc3n(c(=O)c21)CCCC3. The van der Waals surface area contributed by atoms with Crippen molar-refractivity contribution in [2.75, 3.05) is 0 Å². The van der Waals surface area contributed by atoms with Gasteiger partial charge in [-0.2, -0.15) is 0 Å². The van der Waals surface area contributed by atoms with Crippen molar-refractivity contribution in [1.82, 2.24) is 19.1 Å². The highest BCUT2D eigenvalue weighted by Crippen LogP contribution is 2.14. The molecule has 0 amide bonds. The number of rotatable bonds is 3. The molecular formula is C13H18N4O. The first-order chi connectivity index (χ1) is 8.81. The number of imidazole rings is 1. The molecule has 3 heterocycles. The summed E-state index contributed by atoms with van der Waals surface area (Å²) in [5.74, 6) is 0.902. The van der Waals surface area contributed by atoms with E-state index >= 15 is 0 Å². The standard InChI is InChI=1S/C13H18N4O/c1-2-3-7-16-9-14-12-11(16)13(18)17-8-5-4-6-10(17)15-12/h9H,2-8H2,1H3. The summed E-state index contributed by atoms with van der Waals surface area (Å²) in [6.07, 6.45) is 7.01. The zero-order chi connectivity index (χ0) is 12.5. The van der Waals surface area contributed by atoms with E-state index in [0.717, 1.165) is 51.0 Å². The average Bonchev–Trinajstić information content (AvgIpc) is 2.80. The Morgan fingerprint density at radius 3 is 3.11 bits per heavy atom. The van der Waals surface area contributed by atoms with Crippen LogP contribution in [0.4, 0.5) is 0 Å². The van der Waals surface area contributed by atoms with E-state index in [9.17, 15) is 4.79 Å². The van der Waals surface area contributed by atoms with Crippen LogP contribution in [0.5, 0.6) is 0 Å². The van der Waals surface area contributed by atoms with E-state index in [-0.39, 0.29) is 5.56 Å². The Kier molecular flexibility index (Phi) is 2.89. The van der Waals surface area contributed by atoms with Gasteiger partial charge in [-0.05, 0) is 19.3 Å². The topological polar surface area (TPSA) is 52.7 Å². The van der Waals surface area contributed by atoms with E-state index in [1.807, 2.05) is 9.13 Å². The molecule has 96 valence electrons. The fourth-order valence-electron chi connectivity index (χ4n) is 2.57. The second-order valence-corrected chi connectivity index (χ2v) is 4.91. The predicted octanol–water partition coefficient (Wildman–Crippen LogP) is 1.73. The summed E-state index contributed by atoms with van der Waals surface area (Å²) >= 11 is 0. The van der Waals surface area contributed by atoms with Gasteiger partial charge in [0.1, 0.15) is 5.82 Å². The van der Waals surface area contributed by atoms with Crippen molar-refractivity contribution < 1.29 is 0 Å². The van der Waals surface area contributed by atoms with Crippen molar-refractivity contribution in [3.8, 4) is 0 Å². The van der Waals surface area contributed by atoms with Gasteiger partial charge in [0.2, 0.25) is 0 Å². The summed E-state index contributed by atoms with van der Waals surface area (Å²) in [6.45, 7) is 3.80. The third-order valence-corrected chi connectivity index (χ3v) is 3.60. The highest BCUT2D eigenvalue weighted by Gasteiger charge is 2.17. The number of hydrogen-bond acceptors (Lipinski definition) is 3. The lowest BCUT2D eigenvalue weighted by Crippen LogP contribution is -2.29. The normalized spacial score (nSPS) is 14.9. The van der Waals surface area contributed by atoms with Crippen LogP contribution in [0.15, 0.2) is 11.1 Å². The summed E-state index contributed by atoms with van der Waals surface area (Å²) in [6, 6.07) is 0. The molecule has 0 bridgehead atoms. The van der Waals surface area contributed by atoms with Crippen molar-refractivity contribution in [2.24, 2.45) is 0 Å². The van der Waals surface area contributed by atoms with Crippen LogP contribution >= 0.6 is 0 Å². The molecule has 2 aromatic rings. The van der Waals surface area contributed by atoms with Gasteiger partial charge in [-0.3, -0.25) is 9.36 Å². The number of fused-ring (bicyclic) bond motifs is 2. The van der Waals surface area contributed by atoms with Crippen LogP contribution in [0.1, 0.15) is 38.4 Å². The third-order valence-electron chi connectivity index (χ3n) is 3.60. The van der Waals surface area contributed by atoms with Gasteiger partial charge in [0.05, 0.1) is 6.33 Å². The zero-order valence-electron chi connectivity index (χ0n) is 10.7. The van der Waals surface area contributed by atoms with Gasteiger partial charge in [0.15, 0.2) is 11.2 Å². The van der Waals surface area contributed by atoms with E-state index in [0.29, 0.717) is 11.2 Å². The maximum absolute atomic E-state index is 12.5. The molecule has 0 unspecified atom stereocenters. The van der Waals surface area contributed by atoms with Crippen LogP contribution in [-0.4, -0.2) is 19.1 Å². The van der Waals surface area contributed by atoms with Crippen molar-refractivity contribution >= 4 is 11.2 Å². The zero-order valence-corrected chi connectivity index (χ0v) is 10.7. The second kappa shape index (κ2) is 4.55. The lowest BCUT2D eigenvalue weighted by atomic mass is 10.1. The molecule has 0 aromatic carbocycles. The molecule has 1 aliphatic heterocycles. The molecule has 0 fully saturated rings. The predicted molar refractivity (Wildman–Crippen MR) is 69.6 cm³/mol. The molecule has 0 aliphatic carbocycles. The minimum Gasteiger partial charge on any atom is -0.325 e. The fourth-order valence-corrected chi connectivity index (χ4v) is 2.57. The molecule has 0 N–H and O–H groups in total. The molecule has 2 aromatic heterocycles. The van der Waals surface area contributed by atoms with Gasteiger partial charge in [-0.15, -0.1) is 0 Å². The number of aromatic nitrogens is 4. The number of nitrogens with zero attached hydrogens (tertiary/aromatic N) is 4. The molecule has 5 heteroatoms. The van der Waals surface area contributed by atoms with Crippen LogP contribution in [-0.2, 0) is 19.5 Å². The Morgan fingerprint density at radius 1 is 1.39 bits per heavy atom. The first-order valence-corrected chi connectivity index (χ1v) is 6.76. The molecule has 0 saturated heterocycles. The minimum absolute atomic E-state index is 0.0864. The van der Waals surface area contributed by atoms with E-state index < -0.39 is 0 Å². The molecular weight excluding hydrogens is 228 g/mol. The second-order valence-electron chi connectivity index (χ2n) is 4.91. The molecule has 0 radical (unpaired) electrons. The minimum atomic E-state index is 0.0864. The number of hydrogen-bond donors (Lipinski definition) is 0. The van der Waals surface area contributed by atoms with Crippen LogP contribution < -0.4 is 5.56 Å². The summed E-state index contributed by atoms with van der Waals surface area (Å²) < 4.78 is 3.78. The van der Waals surface area contributed by atoms with Gasteiger partial charge in [0.25, 0.3) is 5.56 Å². The van der Waals surface area contributed by atoms with Crippen molar-refractivity contribution in [3.63, 3.8) is 0 Å². The smallest absolute Gasteiger partial charge is 0.279 e. The molecule has 3 rings (SSSR count). The van der Waals surface area contributed by atoms with Gasteiger partial charge in [-0.25, -0.2) is 9.97 Å². The van der Waals surface area contributed by atoms with E-state index in [2.05, 4.69) is 16.9 Å². The summed E-state index contributed by atoms with van der Waals surface area (Å²) in [5.41, 5.74) is 1.38. The number of aryl methyl sites for hydroxylation is 2. The Morgan fingerprint density at radius 2 is 2.28 bits per heavy atom. The highest BCUT2D eigenvalue weighted by atomic mass is 16.1. The summed E-state index contributed by atoms with van der Waals surface area (Å²) in [4.78, 5) is 21.3. The first-order valence-electron chi connectivity index (χ1n) is 6.76. The fraction of sp³-hybridized carbons (Fsp3) is 0.615. The van der Waals surface area contributed by atoms with E-state index in [1.54, 1.807) is 6.33 Å². The van der Waals surface area contributed by atoms with Gasteiger partial charge < -0.3 is 4.57 Å². The monoisotopic (exact) mass is 246 g/mol. The molecule has 0 spiro atoms. The quantitative estimate of drug-likeness (QED) is 0.828. The molecule has 5 nitrogen and oxygen atoms in total. The van der Waals surface area contributed by atoms with Crippen LogP contribution in [0.2, 0.25) is 0 Å². The number of unbranched alkanes of at least 4 members (excludes halogenated alkanes) is 1. The first kappa shape index (κ1) is 11.4. The van der Waals surface area contributed by atoms with Gasteiger partial charge in [0, 0.05) is 19.5 Å². The average molecular weight is 246 g/mol. The molecule has 0 atom stereocenters. The van der Waals surface area contributed by atoms with E-state index in [1.165, 1.54) is 0 Å². The Bertz CT molecular complexity index is 626. The Balaban J connectivity index is 2.16. The van der Waals surface area contributed by atoms with Crippen LogP contribution in [0.3, 0.4) is 0 Å². The Hall–Kier alpha value is -1.65. The van der Waals surface area contributed by atoms with Gasteiger partial charge in [-0.1, -0.05) is 13.3 Å². The lowest BCUT2D eigenvalue weighted by molar-refractivity contribution is 0.498. The summed E-state index contributed by atoms with van der Waals surface area (Å²) in [5, 5.41) is 0. The van der Waals surface area contributed by atoms with Crippen molar-refractivity contribution in [3.05, 3.63) is 22.5 Å². The van der Waals surface area contributed by atoms with Crippen molar-refractivity contribution in [2.45, 2.75) is 52.1 Å². The van der Waals surface area contributed by atoms with Crippen LogP contribution in [0.25, 0.3) is 11.2 Å². The molecule has 0 saturated carbocycles. The summed E-state index contributed by atoms with van der Waals surface area (Å²) in [7, 11) is 0. The van der Waals surface area contributed by atoms with Gasteiger partial charge >= 0.3 is 0 Å². The van der Waals surface area contributed by atoms with Crippen molar-refractivity contribution in [1.29, 1.82) is 0 Å².